The summed E-state index contributed by atoms with van der Waals surface area (Å²) in [6, 6.07) is 6.53. The van der Waals surface area contributed by atoms with Gasteiger partial charge in [-0.05, 0) is 50.7 Å². The lowest BCUT2D eigenvalue weighted by Gasteiger charge is -2.36. The number of imidazole rings is 1. The summed E-state index contributed by atoms with van der Waals surface area (Å²) in [5.41, 5.74) is 3.47. The summed E-state index contributed by atoms with van der Waals surface area (Å²) in [6.45, 7) is 2.45. The second-order valence-electron chi connectivity index (χ2n) is 11.3. The van der Waals surface area contributed by atoms with Crippen LogP contribution in [-0.2, 0) is 4.79 Å². The van der Waals surface area contributed by atoms with Gasteiger partial charge in [0.1, 0.15) is 5.75 Å². The summed E-state index contributed by atoms with van der Waals surface area (Å²) < 4.78 is 5.77. The van der Waals surface area contributed by atoms with Gasteiger partial charge in [0.25, 0.3) is 0 Å². The van der Waals surface area contributed by atoms with Crippen molar-refractivity contribution in [2.24, 2.45) is 5.92 Å². The number of ether oxygens (including phenoxy) is 1. The van der Waals surface area contributed by atoms with E-state index in [1.54, 1.807) is 13.4 Å². The number of hydrogen-bond donors (Lipinski definition) is 4. The van der Waals surface area contributed by atoms with E-state index >= 15 is 0 Å². The zero-order chi connectivity index (χ0) is 27.5. The van der Waals surface area contributed by atoms with Crippen molar-refractivity contribution in [1.82, 2.24) is 19.9 Å². The number of methoxy groups -OCH3 is 1. The standard InChI is InChI=1S/C29H40N8O3/c1-40-24-16-21(36-14-11-19(12-15-36)28(39)37-13-5-8-22(37)17-38)9-10-23(24)33-29-34-26-25(30-18-31-26)27(35-29)32-20-6-3-2-4-7-20/h9-10,16,18-20,22,38H,2-8,11-15,17H2,1H3,(H3,30,31,32,33,34,35)/p+1/t22-/m0/s1. The molecule has 1 saturated carbocycles. The van der Waals surface area contributed by atoms with Gasteiger partial charge in [-0.1, -0.05) is 24.2 Å². The number of anilines is 4. The van der Waals surface area contributed by atoms with Crippen LogP contribution in [0.2, 0.25) is 0 Å². The fourth-order valence-electron chi connectivity index (χ4n) is 6.51. The molecule has 214 valence electrons. The highest BCUT2D eigenvalue weighted by Gasteiger charge is 2.34. The first-order valence-corrected chi connectivity index (χ1v) is 14.8. The number of nitrogens with zero attached hydrogens (tertiary/aromatic N) is 4. The molecule has 1 atom stereocenters. The summed E-state index contributed by atoms with van der Waals surface area (Å²) in [5, 5.41) is 16.6. The number of nitrogens with one attached hydrogen (secondary N) is 4. The molecule has 3 aliphatic rings. The first-order valence-electron chi connectivity index (χ1n) is 14.8. The van der Waals surface area contributed by atoms with E-state index in [-0.39, 0.29) is 24.5 Å². The maximum absolute atomic E-state index is 13.1. The molecule has 0 spiro atoms. The molecule has 2 saturated heterocycles. The normalized spacial score (nSPS) is 20.7. The van der Waals surface area contributed by atoms with Gasteiger partial charge in [-0.15, -0.1) is 0 Å². The number of piperidine rings is 1. The van der Waals surface area contributed by atoms with Crippen molar-refractivity contribution in [3.05, 3.63) is 24.5 Å². The largest absolute Gasteiger partial charge is 0.494 e. The molecule has 4 heterocycles. The van der Waals surface area contributed by atoms with Crippen LogP contribution in [0.5, 0.6) is 5.75 Å². The Hall–Kier alpha value is -3.60. The van der Waals surface area contributed by atoms with Gasteiger partial charge in [0, 0.05) is 43.3 Å². The molecule has 1 amide bonds. The zero-order valence-electron chi connectivity index (χ0n) is 23.3. The van der Waals surface area contributed by atoms with Crippen molar-refractivity contribution in [3.63, 3.8) is 0 Å². The molecule has 11 heteroatoms. The number of amides is 1. The number of hydrogen-bond acceptors (Lipinski definition) is 8. The number of aliphatic hydroxyl groups is 1. The molecule has 5 N–H and O–H groups in total. The monoisotopic (exact) mass is 549 g/mol. The first-order chi connectivity index (χ1) is 19.6. The first kappa shape index (κ1) is 26.6. The van der Waals surface area contributed by atoms with Crippen LogP contribution < -0.4 is 25.3 Å². The van der Waals surface area contributed by atoms with Crippen molar-refractivity contribution in [1.29, 1.82) is 0 Å². The van der Waals surface area contributed by atoms with Gasteiger partial charge in [-0.2, -0.15) is 4.98 Å². The van der Waals surface area contributed by atoms with E-state index in [1.165, 1.54) is 19.3 Å². The van der Waals surface area contributed by atoms with Crippen LogP contribution in [0.4, 0.5) is 23.1 Å². The fourth-order valence-corrected chi connectivity index (χ4v) is 6.51. The average Bonchev–Trinajstić information content (AvgIpc) is 3.68. The van der Waals surface area contributed by atoms with Crippen molar-refractivity contribution < 1.29 is 19.6 Å². The lowest BCUT2D eigenvalue weighted by Crippen LogP contribution is -2.45. The van der Waals surface area contributed by atoms with Crippen LogP contribution in [0.25, 0.3) is 11.2 Å². The number of carbonyl (C=O) groups is 1. The van der Waals surface area contributed by atoms with E-state index in [9.17, 15) is 9.90 Å². The number of H-pyrrole nitrogens is 2. The Morgan fingerprint density at radius 2 is 1.93 bits per heavy atom. The van der Waals surface area contributed by atoms with Crippen LogP contribution in [-0.4, -0.2) is 76.3 Å². The van der Waals surface area contributed by atoms with Crippen LogP contribution >= 0.6 is 0 Å². The maximum atomic E-state index is 13.1. The van der Waals surface area contributed by atoms with E-state index in [4.69, 9.17) is 9.72 Å². The summed E-state index contributed by atoms with van der Waals surface area (Å²) in [6.07, 6.45) is 11.4. The molecule has 2 aliphatic heterocycles. The Balaban J connectivity index is 1.13. The highest BCUT2D eigenvalue weighted by atomic mass is 16.5. The average molecular weight is 550 g/mol. The Bertz CT molecular complexity index is 1320. The Morgan fingerprint density at radius 1 is 1.10 bits per heavy atom. The van der Waals surface area contributed by atoms with Crippen LogP contribution in [0.15, 0.2) is 24.5 Å². The van der Waals surface area contributed by atoms with Gasteiger partial charge in [-0.3, -0.25) is 9.78 Å². The van der Waals surface area contributed by atoms with Crippen molar-refractivity contribution in [3.8, 4) is 5.75 Å². The molecule has 1 aromatic carbocycles. The predicted octanol–water partition coefficient (Wildman–Crippen LogP) is 3.47. The highest BCUT2D eigenvalue weighted by Crippen LogP contribution is 2.34. The van der Waals surface area contributed by atoms with E-state index in [1.807, 2.05) is 17.0 Å². The summed E-state index contributed by atoms with van der Waals surface area (Å²) in [4.78, 5) is 33.2. The molecule has 1 aliphatic carbocycles. The molecule has 11 nitrogen and oxygen atoms in total. The van der Waals surface area contributed by atoms with Gasteiger partial charge in [0.15, 0.2) is 12.1 Å². The van der Waals surface area contributed by atoms with Gasteiger partial charge in [0.05, 0.1) is 25.4 Å². The lowest BCUT2D eigenvalue weighted by molar-refractivity contribution is -0.347. The third kappa shape index (κ3) is 5.52. The molecule has 2 aromatic heterocycles. The van der Waals surface area contributed by atoms with Crippen molar-refractivity contribution in [2.75, 3.05) is 48.9 Å². The van der Waals surface area contributed by atoms with Gasteiger partial charge in [-0.25, -0.2) is 4.98 Å². The molecule has 6 rings (SSSR count). The second-order valence-corrected chi connectivity index (χ2v) is 11.3. The van der Waals surface area contributed by atoms with Crippen LogP contribution in [0.3, 0.4) is 0 Å². The molecule has 3 fully saturated rings. The number of aromatic amines is 2. The lowest BCUT2D eigenvalue weighted by atomic mass is 9.94. The number of carbonyl (C=O) groups excluding carboxylic acids is 1. The van der Waals surface area contributed by atoms with Crippen molar-refractivity contribution >= 4 is 40.2 Å². The maximum Gasteiger partial charge on any atom is 0.307 e. The van der Waals surface area contributed by atoms with E-state index < -0.39 is 0 Å². The fraction of sp³-hybridized carbons (Fsp3) is 0.586. The Labute approximate surface area is 234 Å². The molecule has 3 aromatic rings. The number of likely N-dealkylation sites (tertiary alicyclic amines) is 1. The molecular weight excluding hydrogens is 508 g/mol. The SMILES string of the molecule is COc1cc(N2CCC(C(=O)N3CCC[C@H]3CO)CC2)ccc1Nc1nc(NC2CCCCC2)c2[nH]c[nH+]c2n1. The summed E-state index contributed by atoms with van der Waals surface area (Å²) in [5.74, 6) is 2.24. The summed E-state index contributed by atoms with van der Waals surface area (Å²) >= 11 is 0. The molecule has 40 heavy (non-hydrogen) atoms. The molecule has 0 bridgehead atoms. The topological polar surface area (TPSA) is 133 Å². The van der Waals surface area contributed by atoms with E-state index in [0.29, 0.717) is 17.7 Å². The quantitative estimate of drug-likeness (QED) is 0.336. The number of aromatic nitrogens is 4. The molecule has 0 unspecified atom stereocenters. The highest BCUT2D eigenvalue weighted by molar-refractivity contribution is 5.82. The van der Waals surface area contributed by atoms with Gasteiger partial charge < -0.3 is 30.3 Å². The third-order valence-electron chi connectivity index (χ3n) is 8.79. The zero-order valence-corrected chi connectivity index (χ0v) is 23.3. The predicted molar refractivity (Wildman–Crippen MR) is 154 cm³/mol. The number of aliphatic hydroxyl groups excluding tert-OH is 1. The second kappa shape index (κ2) is 11.9. The van der Waals surface area contributed by atoms with Crippen LogP contribution in [0.1, 0.15) is 57.8 Å². The minimum atomic E-state index is -0.00576. The van der Waals surface area contributed by atoms with Gasteiger partial charge >= 0.3 is 11.6 Å². The van der Waals surface area contributed by atoms with Gasteiger partial charge in [0.2, 0.25) is 11.4 Å². The Kier molecular flexibility index (Phi) is 7.90. The number of fused-ring (bicyclic) bond motifs is 1. The summed E-state index contributed by atoms with van der Waals surface area (Å²) in [7, 11) is 1.67. The molecule has 0 radical (unpaired) electrons. The minimum Gasteiger partial charge on any atom is -0.494 e. The van der Waals surface area contributed by atoms with E-state index in [2.05, 4.69) is 36.6 Å². The molecular formula is C29H41N8O3+. The number of rotatable bonds is 8. The Morgan fingerprint density at radius 3 is 2.70 bits per heavy atom. The number of benzene rings is 1. The van der Waals surface area contributed by atoms with Crippen molar-refractivity contribution in [2.45, 2.75) is 69.9 Å². The third-order valence-corrected chi connectivity index (χ3v) is 8.79. The van der Waals surface area contributed by atoms with Crippen LogP contribution in [0, 0.1) is 5.92 Å². The van der Waals surface area contributed by atoms with E-state index in [0.717, 1.165) is 86.5 Å². The smallest absolute Gasteiger partial charge is 0.307 e. The minimum absolute atomic E-state index is 0.00576.